The Morgan fingerprint density at radius 2 is 1.87 bits per heavy atom. The largest absolute Gasteiger partial charge is 0.481 e. The van der Waals surface area contributed by atoms with Crippen molar-refractivity contribution in [2.45, 2.75) is 38.6 Å². The van der Waals surface area contributed by atoms with E-state index in [1.807, 2.05) is 0 Å². The molecule has 4 heteroatoms. The molecule has 1 rings (SSSR count). The Balaban J connectivity index is 2.34. The summed E-state index contributed by atoms with van der Waals surface area (Å²) in [5.41, 5.74) is 0. The smallest absolute Gasteiger partial charge is 0.306 e. The van der Waals surface area contributed by atoms with Crippen molar-refractivity contribution < 1.29 is 14.7 Å². The molecule has 0 aromatic carbocycles. The number of nitrogens with one attached hydrogen (secondary N) is 1. The fourth-order valence-corrected chi connectivity index (χ4v) is 1.82. The van der Waals surface area contributed by atoms with Crippen LogP contribution < -0.4 is 5.32 Å². The lowest BCUT2D eigenvalue weighted by molar-refractivity contribution is -0.142. The van der Waals surface area contributed by atoms with E-state index in [0.29, 0.717) is 12.8 Å². The van der Waals surface area contributed by atoms with Gasteiger partial charge in [-0.25, -0.2) is 0 Å². The molecule has 1 aliphatic rings. The van der Waals surface area contributed by atoms with Gasteiger partial charge in [-0.3, -0.25) is 9.59 Å². The molecule has 15 heavy (non-hydrogen) atoms. The van der Waals surface area contributed by atoms with Crippen molar-refractivity contribution in [3.05, 3.63) is 0 Å². The van der Waals surface area contributed by atoms with Gasteiger partial charge in [0, 0.05) is 6.04 Å². The van der Waals surface area contributed by atoms with Gasteiger partial charge < -0.3 is 10.4 Å². The average molecular weight is 209 g/mol. The molecule has 82 valence electrons. The minimum Gasteiger partial charge on any atom is -0.481 e. The van der Waals surface area contributed by atoms with Crippen LogP contribution in [0.4, 0.5) is 0 Å². The summed E-state index contributed by atoms with van der Waals surface area (Å²) in [6.45, 7) is 1.61. The normalized spacial score (nSPS) is 24.9. The maximum absolute atomic E-state index is 11.1. The van der Waals surface area contributed by atoms with Crippen LogP contribution in [0.5, 0.6) is 0 Å². The van der Waals surface area contributed by atoms with Crippen LogP contribution in [-0.2, 0) is 9.59 Å². The minimum atomic E-state index is -0.729. The molecule has 0 radical (unpaired) electrons. The SMILES string of the molecule is CC#CC(=O)NC1CCC(C(=O)O)CC1. The highest BCUT2D eigenvalue weighted by Crippen LogP contribution is 2.24. The fourth-order valence-electron chi connectivity index (χ4n) is 1.82. The molecule has 0 spiro atoms. The summed E-state index contributed by atoms with van der Waals surface area (Å²) in [5.74, 6) is 3.70. The van der Waals surface area contributed by atoms with Crippen molar-refractivity contribution in [2.75, 3.05) is 0 Å². The highest BCUT2D eigenvalue weighted by molar-refractivity contribution is 5.93. The molecule has 0 aromatic rings. The second kappa shape index (κ2) is 5.40. The first-order valence-electron chi connectivity index (χ1n) is 5.09. The Bertz CT molecular complexity index is 306. The molecule has 0 unspecified atom stereocenters. The van der Waals surface area contributed by atoms with E-state index in [1.165, 1.54) is 0 Å². The van der Waals surface area contributed by atoms with Crippen LogP contribution in [0.3, 0.4) is 0 Å². The van der Waals surface area contributed by atoms with E-state index in [1.54, 1.807) is 6.92 Å². The van der Waals surface area contributed by atoms with Crippen LogP contribution >= 0.6 is 0 Å². The number of carbonyl (C=O) groups excluding carboxylic acids is 1. The quantitative estimate of drug-likeness (QED) is 0.660. The van der Waals surface area contributed by atoms with E-state index in [-0.39, 0.29) is 17.9 Å². The molecule has 1 saturated carbocycles. The summed E-state index contributed by atoms with van der Waals surface area (Å²) in [4.78, 5) is 21.8. The molecule has 1 aliphatic carbocycles. The molecule has 2 N–H and O–H groups in total. The summed E-state index contributed by atoms with van der Waals surface area (Å²) < 4.78 is 0. The van der Waals surface area contributed by atoms with Gasteiger partial charge in [-0.1, -0.05) is 5.92 Å². The van der Waals surface area contributed by atoms with Crippen molar-refractivity contribution in [1.29, 1.82) is 0 Å². The third-order valence-electron chi connectivity index (χ3n) is 2.65. The summed E-state index contributed by atoms with van der Waals surface area (Å²) in [6, 6.07) is 0.0916. The van der Waals surface area contributed by atoms with Crippen molar-refractivity contribution in [1.82, 2.24) is 5.32 Å². The number of hydrogen-bond donors (Lipinski definition) is 2. The summed E-state index contributed by atoms with van der Waals surface area (Å²) in [5, 5.41) is 11.6. The summed E-state index contributed by atoms with van der Waals surface area (Å²) >= 11 is 0. The molecule has 4 nitrogen and oxygen atoms in total. The third kappa shape index (κ3) is 3.62. The Labute approximate surface area is 89.0 Å². The van der Waals surface area contributed by atoms with Crippen LogP contribution in [0, 0.1) is 17.8 Å². The van der Waals surface area contributed by atoms with E-state index in [0.717, 1.165) is 12.8 Å². The van der Waals surface area contributed by atoms with Crippen molar-refractivity contribution in [3.63, 3.8) is 0 Å². The topological polar surface area (TPSA) is 66.4 Å². The molecule has 0 atom stereocenters. The van der Waals surface area contributed by atoms with E-state index in [2.05, 4.69) is 17.2 Å². The van der Waals surface area contributed by atoms with Gasteiger partial charge in [0.05, 0.1) is 5.92 Å². The Morgan fingerprint density at radius 3 is 2.33 bits per heavy atom. The van der Waals surface area contributed by atoms with Gasteiger partial charge >= 0.3 is 5.97 Å². The first-order chi connectivity index (χ1) is 7.13. The maximum Gasteiger partial charge on any atom is 0.306 e. The average Bonchev–Trinajstić information content (AvgIpc) is 2.18. The summed E-state index contributed by atoms with van der Waals surface area (Å²) in [7, 11) is 0. The molecular weight excluding hydrogens is 194 g/mol. The second-order valence-corrected chi connectivity index (χ2v) is 3.74. The Morgan fingerprint density at radius 1 is 1.27 bits per heavy atom. The lowest BCUT2D eigenvalue weighted by Crippen LogP contribution is -2.38. The number of carboxylic acid groups (broad SMARTS) is 1. The van der Waals surface area contributed by atoms with Gasteiger partial charge in [-0.05, 0) is 38.5 Å². The van der Waals surface area contributed by atoms with Crippen LogP contribution in [0.25, 0.3) is 0 Å². The minimum absolute atomic E-state index is 0.0916. The standard InChI is InChI=1S/C11H15NO3/c1-2-3-10(13)12-9-6-4-8(5-7-9)11(14)15/h8-9H,4-7H2,1H3,(H,12,13)(H,14,15). The number of carbonyl (C=O) groups is 2. The first-order valence-corrected chi connectivity index (χ1v) is 5.09. The molecule has 0 bridgehead atoms. The van der Waals surface area contributed by atoms with Crippen molar-refractivity contribution >= 4 is 11.9 Å². The number of carboxylic acids is 1. The van der Waals surface area contributed by atoms with E-state index in [4.69, 9.17) is 5.11 Å². The molecule has 0 saturated heterocycles. The number of rotatable bonds is 2. The van der Waals surface area contributed by atoms with E-state index >= 15 is 0 Å². The van der Waals surface area contributed by atoms with Crippen LogP contribution in [0.1, 0.15) is 32.6 Å². The Kier molecular flexibility index (Phi) is 4.17. The molecule has 1 amide bonds. The fraction of sp³-hybridized carbons (Fsp3) is 0.636. The van der Waals surface area contributed by atoms with E-state index < -0.39 is 5.97 Å². The predicted octanol–water partition coefficient (Wildman–Crippen LogP) is 0.769. The number of amides is 1. The molecule has 0 aromatic heterocycles. The molecule has 1 fully saturated rings. The lowest BCUT2D eigenvalue weighted by atomic mass is 9.86. The summed E-state index contributed by atoms with van der Waals surface area (Å²) in [6.07, 6.45) is 2.74. The first kappa shape index (κ1) is 11.6. The third-order valence-corrected chi connectivity index (χ3v) is 2.65. The van der Waals surface area contributed by atoms with Crippen molar-refractivity contribution in [3.8, 4) is 11.8 Å². The van der Waals surface area contributed by atoms with Gasteiger partial charge in [0.25, 0.3) is 5.91 Å². The van der Waals surface area contributed by atoms with Crippen molar-refractivity contribution in [2.24, 2.45) is 5.92 Å². The van der Waals surface area contributed by atoms with Gasteiger partial charge in [-0.2, -0.15) is 0 Å². The lowest BCUT2D eigenvalue weighted by Gasteiger charge is -2.25. The predicted molar refractivity (Wildman–Crippen MR) is 55.0 cm³/mol. The highest BCUT2D eigenvalue weighted by atomic mass is 16.4. The highest BCUT2D eigenvalue weighted by Gasteiger charge is 2.26. The van der Waals surface area contributed by atoms with Crippen LogP contribution in [0.2, 0.25) is 0 Å². The molecule has 0 aliphatic heterocycles. The zero-order valence-electron chi connectivity index (χ0n) is 8.75. The van der Waals surface area contributed by atoms with Crippen LogP contribution in [-0.4, -0.2) is 23.0 Å². The Hall–Kier alpha value is -1.50. The second-order valence-electron chi connectivity index (χ2n) is 3.74. The zero-order valence-corrected chi connectivity index (χ0v) is 8.75. The monoisotopic (exact) mass is 209 g/mol. The van der Waals surface area contributed by atoms with Gasteiger partial charge in [0.1, 0.15) is 0 Å². The van der Waals surface area contributed by atoms with Gasteiger partial charge in [0.15, 0.2) is 0 Å². The zero-order chi connectivity index (χ0) is 11.3. The molecular formula is C11H15NO3. The number of hydrogen-bond acceptors (Lipinski definition) is 2. The van der Waals surface area contributed by atoms with Gasteiger partial charge in [0.2, 0.25) is 0 Å². The van der Waals surface area contributed by atoms with E-state index in [9.17, 15) is 9.59 Å². The maximum atomic E-state index is 11.1. The number of aliphatic carboxylic acids is 1. The molecule has 0 heterocycles. The van der Waals surface area contributed by atoms with Crippen LogP contribution in [0.15, 0.2) is 0 Å². The van der Waals surface area contributed by atoms with Gasteiger partial charge in [-0.15, -0.1) is 0 Å².